The van der Waals surface area contributed by atoms with Crippen LogP contribution < -0.4 is 0 Å². The number of aliphatic carboxylic acids is 1. The quantitative estimate of drug-likeness (QED) is 0.308. The van der Waals surface area contributed by atoms with Gasteiger partial charge in [0.15, 0.2) is 0 Å². The number of carboxylic acids is 1. The largest absolute Gasteiger partial charge is 0.481 e. The standard InChI is InChI=1S/C21H42O4/c1-4-5-6-7-8-9-10-11-12-13-14-21(15-18(2)22,16-19(3)23)17-20(24)25/h18-19,22-23H,4-17H2,1-3H3,(H,24,25). The van der Waals surface area contributed by atoms with E-state index in [1.807, 2.05) is 0 Å². The third-order valence-electron chi connectivity index (χ3n) is 5.04. The molecule has 3 N–H and O–H groups in total. The van der Waals surface area contributed by atoms with E-state index in [1.54, 1.807) is 13.8 Å². The molecule has 0 fully saturated rings. The van der Waals surface area contributed by atoms with Gasteiger partial charge >= 0.3 is 5.97 Å². The first-order valence-electron chi connectivity index (χ1n) is 10.4. The zero-order chi connectivity index (χ0) is 19.1. The van der Waals surface area contributed by atoms with Crippen LogP contribution in [0.15, 0.2) is 0 Å². The Bertz CT molecular complexity index is 316. The van der Waals surface area contributed by atoms with Crippen molar-refractivity contribution in [3.8, 4) is 0 Å². The Balaban J connectivity index is 4.18. The molecular formula is C21H42O4. The van der Waals surface area contributed by atoms with Crippen LogP contribution in [0.1, 0.15) is 111 Å². The third-order valence-corrected chi connectivity index (χ3v) is 5.04. The van der Waals surface area contributed by atoms with Crippen molar-refractivity contribution in [2.45, 2.75) is 123 Å². The SMILES string of the molecule is CCCCCCCCCCCCC(CC(=O)O)(CC(C)O)CC(C)O. The van der Waals surface area contributed by atoms with Crippen LogP contribution in [0, 0.1) is 5.41 Å². The van der Waals surface area contributed by atoms with Crippen molar-refractivity contribution in [1.82, 2.24) is 0 Å². The summed E-state index contributed by atoms with van der Waals surface area (Å²) in [4.78, 5) is 11.3. The first kappa shape index (κ1) is 24.4. The number of carbonyl (C=O) groups is 1. The highest BCUT2D eigenvalue weighted by Crippen LogP contribution is 2.39. The molecule has 0 aliphatic rings. The lowest BCUT2D eigenvalue weighted by atomic mass is 9.71. The van der Waals surface area contributed by atoms with Crippen LogP contribution in [-0.4, -0.2) is 33.5 Å². The highest BCUT2D eigenvalue weighted by atomic mass is 16.4. The van der Waals surface area contributed by atoms with Crippen LogP contribution >= 0.6 is 0 Å². The summed E-state index contributed by atoms with van der Waals surface area (Å²) >= 11 is 0. The van der Waals surface area contributed by atoms with E-state index < -0.39 is 23.6 Å². The molecule has 0 radical (unpaired) electrons. The molecule has 0 spiro atoms. The van der Waals surface area contributed by atoms with Crippen molar-refractivity contribution >= 4 is 5.97 Å². The van der Waals surface area contributed by atoms with E-state index >= 15 is 0 Å². The van der Waals surface area contributed by atoms with Gasteiger partial charge in [-0.05, 0) is 38.5 Å². The van der Waals surface area contributed by atoms with Crippen LogP contribution in [0.25, 0.3) is 0 Å². The predicted molar refractivity (Wildman–Crippen MR) is 104 cm³/mol. The van der Waals surface area contributed by atoms with Crippen molar-refractivity contribution < 1.29 is 20.1 Å². The molecule has 0 amide bonds. The maximum atomic E-state index is 11.3. The highest BCUT2D eigenvalue weighted by molar-refractivity contribution is 5.67. The molecule has 0 rings (SSSR count). The van der Waals surface area contributed by atoms with Gasteiger partial charge in [0.25, 0.3) is 0 Å². The van der Waals surface area contributed by atoms with Gasteiger partial charge in [0.05, 0.1) is 18.6 Å². The Morgan fingerprint density at radius 2 is 1.20 bits per heavy atom. The molecule has 0 bridgehead atoms. The van der Waals surface area contributed by atoms with Crippen molar-refractivity contribution in [2.75, 3.05) is 0 Å². The molecule has 0 aromatic rings. The maximum absolute atomic E-state index is 11.3. The van der Waals surface area contributed by atoms with E-state index in [4.69, 9.17) is 0 Å². The van der Waals surface area contributed by atoms with E-state index in [2.05, 4.69) is 6.92 Å². The van der Waals surface area contributed by atoms with Crippen LogP contribution in [-0.2, 0) is 4.79 Å². The van der Waals surface area contributed by atoms with E-state index in [0.717, 1.165) is 19.3 Å². The van der Waals surface area contributed by atoms with E-state index in [1.165, 1.54) is 51.4 Å². The molecule has 2 unspecified atom stereocenters. The Hall–Kier alpha value is -0.610. The smallest absolute Gasteiger partial charge is 0.303 e. The minimum Gasteiger partial charge on any atom is -0.481 e. The lowest BCUT2D eigenvalue weighted by Gasteiger charge is -2.35. The van der Waals surface area contributed by atoms with E-state index in [0.29, 0.717) is 12.8 Å². The van der Waals surface area contributed by atoms with Gasteiger partial charge in [0.1, 0.15) is 0 Å². The summed E-state index contributed by atoms with van der Waals surface area (Å²) < 4.78 is 0. The second-order valence-electron chi connectivity index (χ2n) is 8.11. The second kappa shape index (κ2) is 14.5. The molecule has 2 atom stereocenters. The van der Waals surface area contributed by atoms with Crippen LogP contribution in [0.3, 0.4) is 0 Å². The molecule has 150 valence electrons. The van der Waals surface area contributed by atoms with E-state index in [-0.39, 0.29) is 6.42 Å². The number of hydrogen-bond acceptors (Lipinski definition) is 3. The molecule has 0 saturated heterocycles. The molecule has 4 heteroatoms. The molecule has 0 aliphatic carbocycles. The summed E-state index contributed by atoms with van der Waals surface area (Å²) in [5.74, 6) is -0.839. The van der Waals surface area contributed by atoms with Crippen molar-refractivity contribution in [2.24, 2.45) is 5.41 Å². The lowest BCUT2D eigenvalue weighted by molar-refractivity contribution is -0.141. The van der Waals surface area contributed by atoms with Gasteiger partial charge < -0.3 is 15.3 Å². The van der Waals surface area contributed by atoms with Crippen LogP contribution in [0.2, 0.25) is 0 Å². The summed E-state index contributed by atoms with van der Waals surface area (Å²) in [6.07, 6.45) is 13.1. The van der Waals surface area contributed by atoms with Crippen LogP contribution in [0.4, 0.5) is 0 Å². The summed E-state index contributed by atoms with van der Waals surface area (Å²) in [5, 5.41) is 28.9. The Labute approximate surface area is 155 Å². The fourth-order valence-corrected chi connectivity index (χ4v) is 4.08. The molecule has 4 nitrogen and oxygen atoms in total. The minimum absolute atomic E-state index is 0.0280. The van der Waals surface area contributed by atoms with E-state index in [9.17, 15) is 20.1 Å². The number of unbranched alkanes of at least 4 members (excludes halogenated alkanes) is 9. The number of aliphatic hydroxyl groups excluding tert-OH is 2. The predicted octanol–water partition coefficient (Wildman–Crippen LogP) is 5.30. The topological polar surface area (TPSA) is 77.8 Å². The normalized spacial score (nSPS) is 16.4. The Morgan fingerprint density at radius 3 is 1.56 bits per heavy atom. The lowest BCUT2D eigenvalue weighted by Crippen LogP contribution is -2.32. The molecule has 0 aliphatic heterocycles. The van der Waals surface area contributed by atoms with Gasteiger partial charge in [0, 0.05) is 0 Å². The summed E-state index contributed by atoms with van der Waals surface area (Å²) in [6, 6.07) is 0. The monoisotopic (exact) mass is 358 g/mol. The maximum Gasteiger partial charge on any atom is 0.303 e. The summed E-state index contributed by atoms with van der Waals surface area (Å²) in [7, 11) is 0. The number of hydrogen-bond donors (Lipinski definition) is 3. The zero-order valence-electron chi connectivity index (χ0n) is 16.8. The fraction of sp³-hybridized carbons (Fsp3) is 0.952. The second-order valence-corrected chi connectivity index (χ2v) is 8.11. The van der Waals surface area contributed by atoms with Crippen molar-refractivity contribution in [3.05, 3.63) is 0 Å². The molecule has 0 heterocycles. The van der Waals surface area contributed by atoms with Gasteiger partial charge in [-0.2, -0.15) is 0 Å². The third kappa shape index (κ3) is 14.3. The van der Waals surface area contributed by atoms with Crippen molar-refractivity contribution in [1.29, 1.82) is 0 Å². The first-order chi connectivity index (χ1) is 11.8. The van der Waals surface area contributed by atoms with Crippen molar-refractivity contribution in [3.63, 3.8) is 0 Å². The van der Waals surface area contributed by atoms with Crippen LogP contribution in [0.5, 0.6) is 0 Å². The molecule has 0 aromatic carbocycles. The first-order valence-corrected chi connectivity index (χ1v) is 10.4. The highest BCUT2D eigenvalue weighted by Gasteiger charge is 2.34. The number of aliphatic hydroxyl groups is 2. The average Bonchev–Trinajstić information content (AvgIpc) is 2.47. The minimum atomic E-state index is -0.839. The molecule has 0 aromatic heterocycles. The van der Waals surface area contributed by atoms with Gasteiger partial charge in [-0.3, -0.25) is 4.79 Å². The number of carboxylic acid groups (broad SMARTS) is 1. The molecular weight excluding hydrogens is 316 g/mol. The van der Waals surface area contributed by atoms with Gasteiger partial charge in [0.2, 0.25) is 0 Å². The zero-order valence-corrected chi connectivity index (χ0v) is 16.8. The summed E-state index contributed by atoms with van der Waals surface area (Å²) in [5.41, 5.74) is -0.492. The Kier molecular flexibility index (Phi) is 14.2. The average molecular weight is 359 g/mol. The van der Waals surface area contributed by atoms with Gasteiger partial charge in [-0.15, -0.1) is 0 Å². The van der Waals surface area contributed by atoms with Gasteiger partial charge in [-0.25, -0.2) is 0 Å². The molecule has 0 saturated carbocycles. The Morgan fingerprint density at radius 1 is 0.800 bits per heavy atom. The number of rotatable bonds is 17. The fourth-order valence-electron chi connectivity index (χ4n) is 4.08. The molecule has 25 heavy (non-hydrogen) atoms. The summed E-state index contributed by atoms with van der Waals surface area (Å²) in [6.45, 7) is 5.65. The van der Waals surface area contributed by atoms with Gasteiger partial charge in [-0.1, -0.05) is 71.1 Å².